The van der Waals surface area contributed by atoms with Gasteiger partial charge in [0.1, 0.15) is 0 Å². The molecule has 130 valence electrons. The molecule has 0 saturated carbocycles. The number of rotatable bonds is 16. The molecule has 22 heavy (non-hydrogen) atoms. The zero-order valence-electron chi connectivity index (χ0n) is 15.9. The predicted octanol–water partition coefficient (Wildman–Crippen LogP) is 8.23. The predicted molar refractivity (Wildman–Crippen MR) is 102 cm³/mol. The first-order chi connectivity index (χ1) is 10.7. The summed E-state index contributed by atoms with van der Waals surface area (Å²) in [6, 6.07) is 0. The minimum Gasteiger partial charge on any atom is -0.130 e. The van der Waals surface area contributed by atoms with Crippen LogP contribution in [0, 0.1) is 5.92 Å². The molecule has 0 amide bonds. The highest BCUT2D eigenvalue weighted by Crippen LogP contribution is 2.22. The maximum Gasteiger partial charge on any atom is -0.0218 e. The van der Waals surface area contributed by atoms with Crippen molar-refractivity contribution < 1.29 is 0 Å². The molecule has 0 aliphatic carbocycles. The first-order valence-corrected chi connectivity index (χ1v) is 10.1. The van der Waals surface area contributed by atoms with Crippen LogP contribution in [0.1, 0.15) is 117 Å². The second-order valence-corrected chi connectivity index (χ2v) is 7.16. The van der Waals surface area contributed by atoms with Gasteiger partial charge in [0.25, 0.3) is 0 Å². The van der Waals surface area contributed by atoms with Gasteiger partial charge < -0.3 is 0 Å². The van der Waals surface area contributed by atoms with Crippen molar-refractivity contribution in [2.75, 3.05) is 0 Å². The Morgan fingerprint density at radius 1 is 0.773 bits per heavy atom. The van der Waals surface area contributed by atoms with E-state index in [-0.39, 0.29) is 0 Å². The molecule has 0 aromatic carbocycles. The van der Waals surface area contributed by atoms with Gasteiger partial charge in [0, 0.05) is 0 Å². The van der Waals surface area contributed by atoms with Gasteiger partial charge in [0.05, 0.1) is 0 Å². The zero-order valence-corrected chi connectivity index (χ0v) is 15.9. The fourth-order valence-electron chi connectivity index (χ4n) is 3.18. The van der Waals surface area contributed by atoms with Crippen LogP contribution >= 0.6 is 0 Å². The Hall–Kier alpha value is -0.480. The summed E-state index contributed by atoms with van der Waals surface area (Å²) in [6.07, 6.45) is 20.6. The van der Waals surface area contributed by atoms with Gasteiger partial charge in [-0.2, -0.15) is 0 Å². The second kappa shape index (κ2) is 16.9. The monoisotopic (exact) mass is 306 g/mol. The zero-order chi connectivity index (χ0) is 16.5. The molecule has 0 radical (unpaired) electrons. The van der Waals surface area contributed by atoms with Crippen LogP contribution in [0.4, 0.5) is 0 Å². The van der Waals surface area contributed by atoms with Crippen molar-refractivity contribution in [3.05, 3.63) is 17.9 Å². The van der Waals surface area contributed by atoms with Crippen LogP contribution in [0.25, 0.3) is 0 Å². The van der Waals surface area contributed by atoms with Crippen molar-refractivity contribution in [2.24, 2.45) is 5.92 Å². The van der Waals surface area contributed by atoms with Crippen LogP contribution < -0.4 is 0 Å². The molecule has 1 unspecified atom stereocenters. The van der Waals surface area contributed by atoms with Gasteiger partial charge in [-0.1, -0.05) is 104 Å². The normalized spacial score (nSPS) is 12.1. The van der Waals surface area contributed by atoms with E-state index in [0.29, 0.717) is 0 Å². The number of hydrogen-bond acceptors (Lipinski definition) is 0. The summed E-state index contributed by atoms with van der Waals surface area (Å²) in [7, 11) is 0. The van der Waals surface area contributed by atoms with E-state index < -0.39 is 0 Å². The molecule has 0 aromatic rings. The highest BCUT2D eigenvalue weighted by atomic mass is 14.1. The topological polar surface area (TPSA) is 0 Å². The highest BCUT2D eigenvalue weighted by Gasteiger charge is 2.06. The lowest BCUT2D eigenvalue weighted by Crippen LogP contribution is -1.97. The highest BCUT2D eigenvalue weighted by molar-refractivity contribution is 4.99. The summed E-state index contributed by atoms with van der Waals surface area (Å²) in [6.45, 7) is 10.9. The van der Waals surface area contributed by atoms with E-state index in [0.717, 1.165) is 5.92 Å². The molecule has 0 heterocycles. The van der Waals surface area contributed by atoms with Crippen LogP contribution in [0.15, 0.2) is 17.9 Å². The molecule has 1 atom stereocenters. The van der Waals surface area contributed by atoms with Crippen LogP contribution in [-0.4, -0.2) is 0 Å². The van der Waals surface area contributed by atoms with E-state index in [4.69, 9.17) is 0 Å². The van der Waals surface area contributed by atoms with E-state index in [1.165, 1.54) is 102 Å². The number of unbranched alkanes of at least 4 members (excludes halogenated alkanes) is 10. The fraction of sp³-hybridized carbons (Fsp3) is 0.864. The Kier molecular flexibility index (Phi) is 16.5. The third-order valence-corrected chi connectivity index (χ3v) is 4.73. The fourth-order valence-corrected chi connectivity index (χ4v) is 3.18. The lowest BCUT2D eigenvalue weighted by Gasteiger charge is -2.13. The van der Waals surface area contributed by atoms with Gasteiger partial charge in [-0.3, -0.25) is 0 Å². The summed E-state index contributed by atoms with van der Waals surface area (Å²) < 4.78 is 0. The van der Waals surface area contributed by atoms with Crippen molar-refractivity contribution in [3.8, 4) is 0 Å². The molecule has 0 bridgehead atoms. The largest absolute Gasteiger partial charge is 0.130 e. The van der Waals surface area contributed by atoms with Gasteiger partial charge in [0.2, 0.25) is 0 Å². The molecule has 0 aliphatic rings. The smallest absolute Gasteiger partial charge is 0.0218 e. The van der Waals surface area contributed by atoms with Gasteiger partial charge >= 0.3 is 0 Å². The standard InChI is InChI=1S/C22H42/c1-5-8-10-12-14-16-18-21(4)20-22(7-3)19-17-15-13-11-9-6-2/h21H,3,5-6,8-20H2,1-2,4H3. The number of allylic oxidation sites excluding steroid dienone is 1. The molecule has 0 spiro atoms. The summed E-state index contributed by atoms with van der Waals surface area (Å²) in [5.41, 5.74) is 4.70. The van der Waals surface area contributed by atoms with Gasteiger partial charge in [-0.05, 0) is 30.8 Å². The number of hydrogen-bond donors (Lipinski definition) is 0. The van der Waals surface area contributed by atoms with Crippen molar-refractivity contribution >= 4 is 0 Å². The molecule has 0 heteroatoms. The van der Waals surface area contributed by atoms with Gasteiger partial charge in [-0.25, -0.2) is 0 Å². The van der Waals surface area contributed by atoms with Crippen LogP contribution in [0.5, 0.6) is 0 Å². The van der Waals surface area contributed by atoms with E-state index >= 15 is 0 Å². The molecule has 0 fully saturated rings. The molecule has 0 N–H and O–H groups in total. The van der Waals surface area contributed by atoms with E-state index in [1.807, 2.05) is 0 Å². The van der Waals surface area contributed by atoms with Crippen LogP contribution in [-0.2, 0) is 0 Å². The van der Waals surface area contributed by atoms with Crippen molar-refractivity contribution in [1.29, 1.82) is 0 Å². The molecular weight excluding hydrogens is 264 g/mol. The molecule has 0 aromatic heterocycles. The van der Waals surface area contributed by atoms with Crippen LogP contribution in [0.3, 0.4) is 0 Å². The molecule has 0 aliphatic heterocycles. The summed E-state index contributed by atoms with van der Waals surface area (Å²) in [5, 5.41) is 0. The Morgan fingerprint density at radius 3 is 1.82 bits per heavy atom. The minimum atomic E-state index is 0.815. The average molecular weight is 307 g/mol. The Morgan fingerprint density at radius 2 is 1.27 bits per heavy atom. The van der Waals surface area contributed by atoms with Crippen molar-refractivity contribution in [2.45, 2.75) is 117 Å². The quantitative estimate of drug-likeness (QED) is 0.199. The Labute approximate surface area is 141 Å². The summed E-state index contributed by atoms with van der Waals surface area (Å²) in [4.78, 5) is 0. The maximum absolute atomic E-state index is 3.91. The Bertz CT molecular complexity index is 270. The van der Waals surface area contributed by atoms with Gasteiger partial charge in [-0.15, -0.1) is 5.73 Å². The van der Waals surface area contributed by atoms with Crippen molar-refractivity contribution in [3.63, 3.8) is 0 Å². The third-order valence-electron chi connectivity index (χ3n) is 4.73. The third kappa shape index (κ3) is 14.5. The molecule has 0 saturated heterocycles. The lowest BCUT2D eigenvalue weighted by molar-refractivity contribution is 0.472. The average Bonchev–Trinajstić information content (AvgIpc) is 2.52. The molecule has 0 nitrogen and oxygen atoms in total. The minimum absolute atomic E-state index is 0.815. The van der Waals surface area contributed by atoms with Crippen LogP contribution in [0.2, 0.25) is 0 Å². The van der Waals surface area contributed by atoms with E-state index in [2.05, 4.69) is 33.1 Å². The Balaban J connectivity index is 3.59. The molecular formula is C22H42. The second-order valence-electron chi connectivity index (χ2n) is 7.16. The maximum atomic E-state index is 3.91. The first kappa shape index (κ1) is 21.5. The first-order valence-electron chi connectivity index (χ1n) is 10.1. The SMILES string of the molecule is C=C=C(CCCCCCCC)CC(C)CCCCCCCC. The summed E-state index contributed by atoms with van der Waals surface area (Å²) in [5.74, 6) is 0.815. The van der Waals surface area contributed by atoms with Crippen molar-refractivity contribution in [1.82, 2.24) is 0 Å². The van der Waals surface area contributed by atoms with Gasteiger partial charge in [0.15, 0.2) is 0 Å². The lowest BCUT2D eigenvalue weighted by atomic mass is 9.93. The van der Waals surface area contributed by atoms with E-state index in [1.54, 1.807) is 0 Å². The van der Waals surface area contributed by atoms with E-state index in [9.17, 15) is 0 Å². The molecule has 0 rings (SSSR count). The summed E-state index contributed by atoms with van der Waals surface area (Å²) >= 11 is 0.